The molecule has 1 saturated heterocycles. The van der Waals surface area contributed by atoms with Crippen LogP contribution in [-0.4, -0.2) is 42.2 Å². The van der Waals surface area contributed by atoms with Crippen LogP contribution in [0, 0.1) is 0 Å². The third-order valence-electron chi connectivity index (χ3n) is 5.19. The minimum atomic E-state index is 0.580. The zero-order valence-corrected chi connectivity index (χ0v) is 14.8. The Morgan fingerprint density at radius 1 is 0.769 bits per heavy atom. The Hall–Kier alpha value is -2.82. The van der Waals surface area contributed by atoms with Crippen LogP contribution in [0.15, 0.2) is 54.6 Å². The van der Waals surface area contributed by atoms with E-state index >= 15 is 0 Å². The third kappa shape index (κ3) is 3.05. The smallest absolute Gasteiger partial charge is 0.228 e. The van der Waals surface area contributed by atoms with Crippen molar-refractivity contribution >= 4 is 28.4 Å². The highest BCUT2D eigenvalue weighted by atomic mass is 15.3. The molecule has 0 atom stereocenters. The molecule has 0 unspecified atom stereocenters. The van der Waals surface area contributed by atoms with Gasteiger partial charge in [-0.2, -0.15) is 4.98 Å². The third-order valence-corrected chi connectivity index (χ3v) is 5.19. The number of nitrogens with one attached hydrogen (secondary N) is 1. The number of para-hydroxylation sites is 2. The summed E-state index contributed by atoms with van der Waals surface area (Å²) < 4.78 is 0. The Kier molecular flexibility index (Phi) is 3.85. The number of anilines is 3. The predicted octanol–water partition coefficient (Wildman–Crippen LogP) is 3.53. The van der Waals surface area contributed by atoms with Crippen LogP contribution in [0.2, 0.25) is 0 Å². The fraction of sp³-hybridized carbons (Fsp3) is 0.333. The molecule has 1 aliphatic heterocycles. The van der Waals surface area contributed by atoms with Crippen molar-refractivity contribution in [1.82, 2.24) is 9.97 Å². The molecule has 0 spiro atoms. The summed E-state index contributed by atoms with van der Waals surface area (Å²) in [6.07, 6.45) is 2.48. The van der Waals surface area contributed by atoms with Gasteiger partial charge in [0, 0.05) is 43.3 Å². The molecule has 2 aromatic carbocycles. The number of aromatic nitrogens is 2. The number of rotatable bonds is 4. The van der Waals surface area contributed by atoms with Gasteiger partial charge in [-0.3, -0.25) is 0 Å². The molecule has 5 heteroatoms. The van der Waals surface area contributed by atoms with Gasteiger partial charge in [0.15, 0.2) is 0 Å². The molecular formula is C21H23N5. The zero-order valence-electron chi connectivity index (χ0n) is 14.8. The Bertz CT molecular complexity index is 899. The number of hydrogen-bond acceptors (Lipinski definition) is 5. The molecular weight excluding hydrogens is 322 g/mol. The van der Waals surface area contributed by atoms with Gasteiger partial charge in [-0.05, 0) is 37.1 Å². The summed E-state index contributed by atoms with van der Waals surface area (Å²) in [6, 6.07) is 19.5. The highest BCUT2D eigenvalue weighted by molar-refractivity contribution is 5.90. The summed E-state index contributed by atoms with van der Waals surface area (Å²) >= 11 is 0. The van der Waals surface area contributed by atoms with Crippen LogP contribution in [0.1, 0.15) is 12.8 Å². The van der Waals surface area contributed by atoms with Gasteiger partial charge < -0.3 is 15.1 Å². The SMILES string of the molecule is c1ccc(N2CCN(c3nc(NC4CC4)c4ccccc4n3)CC2)cc1. The van der Waals surface area contributed by atoms with E-state index in [1.54, 1.807) is 0 Å². The average Bonchev–Trinajstić information content (AvgIpc) is 3.53. The number of piperazine rings is 1. The topological polar surface area (TPSA) is 44.3 Å². The number of benzene rings is 2. The number of nitrogens with zero attached hydrogens (tertiary/aromatic N) is 4. The molecule has 132 valence electrons. The van der Waals surface area contributed by atoms with Gasteiger partial charge in [-0.1, -0.05) is 30.3 Å². The Balaban J connectivity index is 1.39. The van der Waals surface area contributed by atoms with Gasteiger partial charge >= 0.3 is 0 Å². The molecule has 0 bridgehead atoms. The second-order valence-electron chi connectivity index (χ2n) is 7.12. The van der Waals surface area contributed by atoms with Crippen LogP contribution >= 0.6 is 0 Å². The van der Waals surface area contributed by atoms with E-state index in [2.05, 4.69) is 63.6 Å². The predicted molar refractivity (Wildman–Crippen MR) is 107 cm³/mol. The molecule has 1 saturated carbocycles. The lowest BCUT2D eigenvalue weighted by molar-refractivity contribution is 0.641. The first-order valence-corrected chi connectivity index (χ1v) is 9.45. The van der Waals surface area contributed by atoms with E-state index in [0.29, 0.717) is 6.04 Å². The summed E-state index contributed by atoms with van der Waals surface area (Å²) in [5.74, 6) is 1.83. The van der Waals surface area contributed by atoms with E-state index in [1.807, 2.05) is 6.07 Å². The van der Waals surface area contributed by atoms with Crippen LogP contribution in [0.3, 0.4) is 0 Å². The van der Waals surface area contributed by atoms with E-state index < -0.39 is 0 Å². The van der Waals surface area contributed by atoms with Crippen LogP contribution in [-0.2, 0) is 0 Å². The number of hydrogen-bond donors (Lipinski definition) is 1. The maximum atomic E-state index is 4.89. The van der Waals surface area contributed by atoms with Crippen molar-refractivity contribution in [3.8, 4) is 0 Å². The fourth-order valence-electron chi connectivity index (χ4n) is 3.54. The first-order valence-electron chi connectivity index (χ1n) is 9.45. The average molecular weight is 345 g/mol. The standard InChI is InChI=1S/C21H23N5/c1-2-6-17(7-3-1)25-12-14-26(15-13-25)21-23-19-9-5-4-8-18(19)20(24-21)22-16-10-11-16/h1-9,16H,10-15H2,(H,22,23,24). The molecule has 5 nitrogen and oxygen atoms in total. The second-order valence-corrected chi connectivity index (χ2v) is 7.12. The molecule has 3 aromatic rings. The lowest BCUT2D eigenvalue weighted by Gasteiger charge is -2.36. The molecule has 26 heavy (non-hydrogen) atoms. The monoisotopic (exact) mass is 345 g/mol. The van der Waals surface area contributed by atoms with Crippen molar-refractivity contribution in [3.05, 3.63) is 54.6 Å². The van der Waals surface area contributed by atoms with E-state index in [9.17, 15) is 0 Å². The molecule has 1 aliphatic carbocycles. The molecule has 1 aromatic heterocycles. The molecule has 2 fully saturated rings. The van der Waals surface area contributed by atoms with Crippen LogP contribution < -0.4 is 15.1 Å². The van der Waals surface area contributed by atoms with E-state index in [4.69, 9.17) is 9.97 Å². The maximum Gasteiger partial charge on any atom is 0.228 e. The van der Waals surface area contributed by atoms with Gasteiger partial charge in [0.05, 0.1) is 5.52 Å². The summed E-state index contributed by atoms with van der Waals surface area (Å²) in [7, 11) is 0. The van der Waals surface area contributed by atoms with Crippen molar-refractivity contribution in [1.29, 1.82) is 0 Å². The molecule has 5 rings (SSSR count). The summed E-state index contributed by atoms with van der Waals surface area (Å²) in [5, 5.41) is 4.70. The van der Waals surface area contributed by atoms with E-state index in [1.165, 1.54) is 18.5 Å². The van der Waals surface area contributed by atoms with Gasteiger partial charge in [0.25, 0.3) is 0 Å². The molecule has 2 heterocycles. The normalized spacial score (nSPS) is 17.5. The van der Waals surface area contributed by atoms with Gasteiger partial charge in [0.1, 0.15) is 5.82 Å². The van der Waals surface area contributed by atoms with Gasteiger partial charge in [0.2, 0.25) is 5.95 Å². The second kappa shape index (κ2) is 6.48. The quantitative estimate of drug-likeness (QED) is 0.784. The van der Waals surface area contributed by atoms with E-state index in [0.717, 1.165) is 48.8 Å². The minimum Gasteiger partial charge on any atom is -0.368 e. The Morgan fingerprint density at radius 3 is 2.23 bits per heavy atom. The largest absolute Gasteiger partial charge is 0.368 e. The minimum absolute atomic E-state index is 0.580. The summed E-state index contributed by atoms with van der Waals surface area (Å²) in [6.45, 7) is 3.86. The molecule has 1 N–H and O–H groups in total. The Labute approximate surface area is 153 Å². The molecule has 0 radical (unpaired) electrons. The van der Waals surface area contributed by atoms with Crippen LogP contribution in [0.5, 0.6) is 0 Å². The summed E-state index contributed by atoms with van der Waals surface area (Å²) in [4.78, 5) is 14.5. The highest BCUT2D eigenvalue weighted by Crippen LogP contribution is 2.30. The maximum absolute atomic E-state index is 4.89. The van der Waals surface area contributed by atoms with Crippen molar-refractivity contribution in [3.63, 3.8) is 0 Å². The van der Waals surface area contributed by atoms with Gasteiger partial charge in [-0.25, -0.2) is 4.98 Å². The Morgan fingerprint density at radius 2 is 1.46 bits per heavy atom. The fourth-order valence-corrected chi connectivity index (χ4v) is 3.54. The van der Waals surface area contributed by atoms with E-state index in [-0.39, 0.29) is 0 Å². The molecule has 0 amide bonds. The lowest BCUT2D eigenvalue weighted by atomic mass is 10.2. The van der Waals surface area contributed by atoms with Crippen molar-refractivity contribution in [2.24, 2.45) is 0 Å². The summed E-state index contributed by atoms with van der Waals surface area (Å²) in [5.41, 5.74) is 2.31. The van der Waals surface area contributed by atoms with Crippen molar-refractivity contribution < 1.29 is 0 Å². The highest BCUT2D eigenvalue weighted by Gasteiger charge is 2.24. The first-order chi connectivity index (χ1) is 12.9. The van der Waals surface area contributed by atoms with Crippen molar-refractivity contribution in [2.45, 2.75) is 18.9 Å². The van der Waals surface area contributed by atoms with Gasteiger partial charge in [-0.15, -0.1) is 0 Å². The van der Waals surface area contributed by atoms with Crippen LogP contribution in [0.4, 0.5) is 17.5 Å². The van der Waals surface area contributed by atoms with Crippen LogP contribution in [0.25, 0.3) is 10.9 Å². The first kappa shape index (κ1) is 15.4. The van der Waals surface area contributed by atoms with Crippen molar-refractivity contribution in [2.75, 3.05) is 41.3 Å². The molecule has 2 aliphatic rings. The zero-order chi connectivity index (χ0) is 17.3. The number of fused-ring (bicyclic) bond motifs is 1. The lowest BCUT2D eigenvalue weighted by Crippen LogP contribution is -2.47.